The van der Waals surface area contributed by atoms with Crippen LogP contribution in [0.25, 0.3) is 0 Å². The first-order chi connectivity index (χ1) is 9.49. The second kappa shape index (κ2) is 6.22. The lowest BCUT2D eigenvalue weighted by molar-refractivity contribution is -0.0586. The summed E-state index contributed by atoms with van der Waals surface area (Å²) in [4.78, 5) is 18.7. The molecule has 1 saturated heterocycles. The van der Waals surface area contributed by atoms with Gasteiger partial charge in [-0.1, -0.05) is 13.3 Å². The summed E-state index contributed by atoms with van der Waals surface area (Å²) < 4.78 is 5.66. The van der Waals surface area contributed by atoms with Crippen molar-refractivity contribution in [3.8, 4) is 0 Å². The van der Waals surface area contributed by atoms with E-state index in [1.807, 2.05) is 24.8 Å². The fourth-order valence-electron chi connectivity index (χ4n) is 2.64. The number of carbonyl (C=O) groups is 1. The topological polar surface area (TPSA) is 68.5 Å². The maximum absolute atomic E-state index is 12.6. The van der Waals surface area contributed by atoms with E-state index in [0.717, 1.165) is 18.5 Å². The van der Waals surface area contributed by atoms with Crippen molar-refractivity contribution in [2.45, 2.75) is 45.8 Å². The Balaban J connectivity index is 2.19. The molecule has 0 spiro atoms. The molecule has 0 radical (unpaired) electrons. The first-order valence-corrected chi connectivity index (χ1v) is 7.20. The van der Waals surface area contributed by atoms with Crippen molar-refractivity contribution >= 4 is 11.7 Å². The number of hydrogen-bond donors (Lipinski definition) is 1. The van der Waals surface area contributed by atoms with Crippen molar-refractivity contribution in [1.82, 2.24) is 9.88 Å². The standard InChI is InChI=1S/C15H23N3O2/c1-4-5-13-6-12(7-14(16)17-13)15(19)18-8-10(2)20-11(3)9-18/h6-7,10-11H,4-5,8-9H2,1-3H3,(H2,16,17). The summed E-state index contributed by atoms with van der Waals surface area (Å²) >= 11 is 0. The maximum atomic E-state index is 12.6. The van der Waals surface area contributed by atoms with Crippen molar-refractivity contribution in [3.05, 3.63) is 23.4 Å². The smallest absolute Gasteiger partial charge is 0.254 e. The minimum Gasteiger partial charge on any atom is -0.384 e. The van der Waals surface area contributed by atoms with E-state index in [-0.39, 0.29) is 18.1 Å². The van der Waals surface area contributed by atoms with Crippen LogP contribution in [0.15, 0.2) is 12.1 Å². The highest BCUT2D eigenvalue weighted by molar-refractivity contribution is 5.95. The van der Waals surface area contributed by atoms with Crippen molar-refractivity contribution in [2.75, 3.05) is 18.8 Å². The highest BCUT2D eigenvalue weighted by Gasteiger charge is 2.26. The largest absolute Gasteiger partial charge is 0.384 e. The van der Waals surface area contributed by atoms with Crippen molar-refractivity contribution in [2.24, 2.45) is 0 Å². The Morgan fingerprint density at radius 3 is 2.65 bits per heavy atom. The molecule has 2 unspecified atom stereocenters. The van der Waals surface area contributed by atoms with Crippen LogP contribution in [-0.4, -0.2) is 41.1 Å². The Labute approximate surface area is 120 Å². The maximum Gasteiger partial charge on any atom is 0.254 e. The van der Waals surface area contributed by atoms with Crippen LogP contribution in [0.2, 0.25) is 0 Å². The Bertz CT molecular complexity index is 480. The normalized spacial score (nSPS) is 22.9. The number of nitrogens with two attached hydrogens (primary N) is 1. The number of hydrogen-bond acceptors (Lipinski definition) is 4. The number of aryl methyl sites for hydroxylation is 1. The number of ether oxygens (including phenoxy) is 1. The van der Waals surface area contributed by atoms with E-state index < -0.39 is 0 Å². The van der Waals surface area contributed by atoms with Gasteiger partial charge in [0.05, 0.1) is 12.2 Å². The lowest BCUT2D eigenvalue weighted by atomic mass is 10.1. The van der Waals surface area contributed by atoms with E-state index in [0.29, 0.717) is 24.5 Å². The van der Waals surface area contributed by atoms with Gasteiger partial charge in [-0.15, -0.1) is 0 Å². The molecule has 0 aliphatic carbocycles. The molecule has 2 rings (SSSR count). The first-order valence-electron chi connectivity index (χ1n) is 7.20. The lowest BCUT2D eigenvalue weighted by Crippen LogP contribution is -2.48. The Hall–Kier alpha value is -1.62. The zero-order valence-electron chi connectivity index (χ0n) is 12.4. The molecule has 1 amide bonds. The average molecular weight is 277 g/mol. The van der Waals surface area contributed by atoms with E-state index >= 15 is 0 Å². The van der Waals surface area contributed by atoms with Gasteiger partial charge in [-0.05, 0) is 32.4 Å². The predicted octanol–water partition coefficient (Wildman–Crippen LogP) is 1.87. The molecule has 1 fully saturated rings. The zero-order valence-corrected chi connectivity index (χ0v) is 12.4. The van der Waals surface area contributed by atoms with Crippen LogP contribution < -0.4 is 5.73 Å². The number of anilines is 1. The molecule has 0 aromatic carbocycles. The minimum atomic E-state index is 0.0125. The van der Waals surface area contributed by atoms with Gasteiger partial charge >= 0.3 is 0 Å². The fraction of sp³-hybridized carbons (Fsp3) is 0.600. The van der Waals surface area contributed by atoms with Gasteiger partial charge in [0.15, 0.2) is 0 Å². The van der Waals surface area contributed by atoms with E-state index in [1.165, 1.54) is 0 Å². The van der Waals surface area contributed by atoms with Crippen LogP contribution >= 0.6 is 0 Å². The van der Waals surface area contributed by atoms with Crippen molar-refractivity contribution < 1.29 is 9.53 Å². The van der Waals surface area contributed by atoms with Gasteiger partial charge in [0.1, 0.15) is 5.82 Å². The summed E-state index contributed by atoms with van der Waals surface area (Å²) in [5.74, 6) is 0.423. The highest BCUT2D eigenvalue weighted by atomic mass is 16.5. The highest BCUT2D eigenvalue weighted by Crippen LogP contribution is 2.16. The molecule has 5 heteroatoms. The van der Waals surface area contributed by atoms with Gasteiger partial charge in [-0.3, -0.25) is 4.79 Å². The molecular weight excluding hydrogens is 254 g/mol. The molecule has 1 aromatic heterocycles. The van der Waals surface area contributed by atoms with Crippen LogP contribution in [0.4, 0.5) is 5.82 Å². The first kappa shape index (κ1) is 14.8. The third kappa shape index (κ3) is 3.48. The molecule has 20 heavy (non-hydrogen) atoms. The SMILES string of the molecule is CCCc1cc(C(=O)N2CC(C)OC(C)C2)cc(N)n1. The number of morpholine rings is 1. The quantitative estimate of drug-likeness (QED) is 0.915. The van der Waals surface area contributed by atoms with E-state index in [4.69, 9.17) is 10.5 Å². The second-order valence-electron chi connectivity index (χ2n) is 5.49. The van der Waals surface area contributed by atoms with E-state index in [2.05, 4.69) is 11.9 Å². The van der Waals surface area contributed by atoms with Gasteiger partial charge in [-0.2, -0.15) is 0 Å². The zero-order chi connectivity index (χ0) is 14.7. The molecule has 2 N–H and O–H groups in total. The van der Waals surface area contributed by atoms with Gasteiger partial charge in [0.25, 0.3) is 5.91 Å². The Morgan fingerprint density at radius 1 is 1.40 bits per heavy atom. The van der Waals surface area contributed by atoms with Gasteiger partial charge in [0, 0.05) is 24.3 Å². The monoisotopic (exact) mass is 277 g/mol. The molecule has 110 valence electrons. The number of carbonyl (C=O) groups excluding carboxylic acids is 1. The van der Waals surface area contributed by atoms with Crippen LogP contribution in [-0.2, 0) is 11.2 Å². The van der Waals surface area contributed by atoms with E-state index in [9.17, 15) is 4.79 Å². The van der Waals surface area contributed by atoms with Crippen LogP contribution in [0, 0.1) is 0 Å². The van der Waals surface area contributed by atoms with Crippen LogP contribution in [0.3, 0.4) is 0 Å². The van der Waals surface area contributed by atoms with Gasteiger partial charge in [0.2, 0.25) is 0 Å². The number of amides is 1. The number of aromatic nitrogens is 1. The molecule has 0 saturated carbocycles. The number of rotatable bonds is 3. The average Bonchev–Trinajstić information content (AvgIpc) is 2.36. The summed E-state index contributed by atoms with van der Waals surface area (Å²) in [7, 11) is 0. The Morgan fingerprint density at radius 2 is 2.05 bits per heavy atom. The fourth-order valence-corrected chi connectivity index (χ4v) is 2.64. The Kier molecular flexibility index (Phi) is 4.60. The van der Waals surface area contributed by atoms with Crippen molar-refractivity contribution in [1.29, 1.82) is 0 Å². The predicted molar refractivity (Wildman–Crippen MR) is 78.6 cm³/mol. The molecule has 1 aromatic rings. The molecule has 2 heterocycles. The summed E-state index contributed by atoms with van der Waals surface area (Å²) in [5, 5.41) is 0. The molecule has 5 nitrogen and oxygen atoms in total. The van der Waals surface area contributed by atoms with Crippen LogP contribution in [0.1, 0.15) is 43.2 Å². The van der Waals surface area contributed by atoms with Crippen LogP contribution in [0.5, 0.6) is 0 Å². The summed E-state index contributed by atoms with van der Waals surface area (Å²) in [6.07, 6.45) is 1.95. The summed E-state index contributed by atoms with van der Waals surface area (Å²) in [5.41, 5.74) is 7.31. The molecule has 0 bridgehead atoms. The van der Waals surface area contributed by atoms with Gasteiger partial charge < -0.3 is 15.4 Å². The lowest BCUT2D eigenvalue weighted by Gasteiger charge is -2.35. The number of nitrogens with zero attached hydrogens (tertiary/aromatic N) is 2. The third-order valence-corrected chi connectivity index (χ3v) is 3.36. The molecule has 2 atom stereocenters. The third-order valence-electron chi connectivity index (χ3n) is 3.36. The van der Waals surface area contributed by atoms with Crippen molar-refractivity contribution in [3.63, 3.8) is 0 Å². The second-order valence-corrected chi connectivity index (χ2v) is 5.49. The number of nitrogen functional groups attached to an aromatic ring is 1. The summed E-state index contributed by atoms with van der Waals surface area (Å²) in [6.45, 7) is 7.29. The molecular formula is C15H23N3O2. The number of pyridine rings is 1. The molecule has 1 aliphatic heterocycles. The molecule has 1 aliphatic rings. The minimum absolute atomic E-state index is 0.0125. The van der Waals surface area contributed by atoms with E-state index in [1.54, 1.807) is 6.07 Å². The summed E-state index contributed by atoms with van der Waals surface area (Å²) in [6, 6.07) is 3.51. The van der Waals surface area contributed by atoms with Gasteiger partial charge in [-0.25, -0.2) is 4.98 Å².